The number of nitrogens with one attached hydrogen (secondary N) is 2. The van der Waals surface area contributed by atoms with Crippen LogP contribution in [0.4, 0.5) is 13.2 Å². The number of carbonyl (C=O) groups excluding carboxylic acids is 1. The molecule has 1 saturated heterocycles. The van der Waals surface area contributed by atoms with Crippen molar-refractivity contribution in [3.8, 4) is 5.75 Å². The molecule has 0 aromatic heterocycles. The number of carbonyl (C=O) groups is 1. The molecule has 7 nitrogen and oxygen atoms in total. The molecule has 0 atom stereocenters. The molecule has 1 aromatic rings. The van der Waals surface area contributed by atoms with Crippen molar-refractivity contribution in [2.75, 3.05) is 52.9 Å². The fourth-order valence-corrected chi connectivity index (χ4v) is 2.89. The first-order chi connectivity index (χ1) is 13.8. The van der Waals surface area contributed by atoms with E-state index in [-0.39, 0.29) is 11.7 Å². The van der Waals surface area contributed by atoms with Gasteiger partial charge in [0.15, 0.2) is 12.6 Å². The molecule has 0 spiro atoms. The first kappa shape index (κ1) is 22.8. The van der Waals surface area contributed by atoms with Crippen LogP contribution in [-0.2, 0) is 11.3 Å². The van der Waals surface area contributed by atoms with Crippen molar-refractivity contribution < 1.29 is 22.7 Å². The molecule has 0 bridgehead atoms. The lowest BCUT2D eigenvalue weighted by atomic mass is 10.2. The third-order valence-electron chi connectivity index (χ3n) is 4.55. The molecule has 1 amide bonds. The van der Waals surface area contributed by atoms with E-state index >= 15 is 0 Å². The zero-order valence-corrected chi connectivity index (χ0v) is 16.8. The van der Waals surface area contributed by atoms with Crippen LogP contribution in [0.2, 0.25) is 0 Å². The summed E-state index contributed by atoms with van der Waals surface area (Å²) in [5.41, 5.74) is 0.896. The highest BCUT2D eigenvalue weighted by atomic mass is 19.4. The summed E-state index contributed by atoms with van der Waals surface area (Å²) in [4.78, 5) is 19.7. The highest BCUT2D eigenvalue weighted by Crippen LogP contribution is 2.18. The Morgan fingerprint density at radius 1 is 1.14 bits per heavy atom. The second kappa shape index (κ2) is 10.9. The smallest absolute Gasteiger partial charge is 0.422 e. The molecule has 1 aromatic carbocycles. The Hall–Kier alpha value is -2.49. The summed E-state index contributed by atoms with van der Waals surface area (Å²) in [6, 6.07) is 6.44. The van der Waals surface area contributed by atoms with Crippen LogP contribution in [0, 0.1) is 0 Å². The summed E-state index contributed by atoms with van der Waals surface area (Å²) >= 11 is 0. The predicted octanol–water partition coefficient (Wildman–Crippen LogP) is 1.46. The number of alkyl halides is 3. The van der Waals surface area contributed by atoms with E-state index in [1.165, 1.54) is 12.1 Å². The summed E-state index contributed by atoms with van der Waals surface area (Å²) < 4.78 is 41.2. The molecule has 2 N–H and O–H groups in total. The van der Waals surface area contributed by atoms with E-state index in [0.29, 0.717) is 19.0 Å². The van der Waals surface area contributed by atoms with Gasteiger partial charge in [-0.15, -0.1) is 0 Å². The Balaban J connectivity index is 1.66. The number of rotatable bonds is 7. The summed E-state index contributed by atoms with van der Waals surface area (Å²) in [6.45, 7) is 5.56. The molecule has 0 aliphatic carbocycles. The van der Waals surface area contributed by atoms with Gasteiger partial charge in [-0.05, 0) is 17.7 Å². The van der Waals surface area contributed by atoms with Crippen LogP contribution in [0.1, 0.15) is 12.5 Å². The molecule has 1 heterocycles. The Morgan fingerprint density at radius 3 is 2.34 bits per heavy atom. The minimum Gasteiger partial charge on any atom is -0.484 e. The second-order valence-electron chi connectivity index (χ2n) is 6.75. The lowest BCUT2D eigenvalue weighted by molar-refractivity contribution is -0.153. The van der Waals surface area contributed by atoms with Crippen LogP contribution >= 0.6 is 0 Å². The molecular weight excluding hydrogens is 387 g/mol. The summed E-state index contributed by atoms with van der Waals surface area (Å²) in [7, 11) is 1.68. The summed E-state index contributed by atoms with van der Waals surface area (Å²) in [5, 5.41) is 6.40. The van der Waals surface area contributed by atoms with Crippen LogP contribution in [0.5, 0.6) is 5.75 Å². The molecule has 0 radical (unpaired) electrons. The first-order valence-electron chi connectivity index (χ1n) is 9.48. The molecule has 0 unspecified atom stereocenters. The monoisotopic (exact) mass is 415 g/mol. The summed E-state index contributed by atoms with van der Waals surface area (Å²) in [5.74, 6) is 0.940. The predicted molar refractivity (Wildman–Crippen MR) is 105 cm³/mol. The zero-order valence-electron chi connectivity index (χ0n) is 16.8. The van der Waals surface area contributed by atoms with E-state index in [9.17, 15) is 18.0 Å². The largest absolute Gasteiger partial charge is 0.484 e. The van der Waals surface area contributed by atoms with Crippen molar-refractivity contribution in [1.29, 1.82) is 0 Å². The number of benzene rings is 1. The van der Waals surface area contributed by atoms with Gasteiger partial charge in [-0.2, -0.15) is 13.2 Å². The molecule has 0 saturated carbocycles. The van der Waals surface area contributed by atoms with Crippen LogP contribution in [0.15, 0.2) is 29.3 Å². The number of piperazine rings is 1. The van der Waals surface area contributed by atoms with Crippen LogP contribution in [0.3, 0.4) is 0 Å². The maximum absolute atomic E-state index is 12.2. The van der Waals surface area contributed by atoms with Gasteiger partial charge >= 0.3 is 6.18 Å². The van der Waals surface area contributed by atoms with Gasteiger partial charge in [0.25, 0.3) is 0 Å². The van der Waals surface area contributed by atoms with E-state index in [1.54, 1.807) is 26.1 Å². The van der Waals surface area contributed by atoms with Crippen molar-refractivity contribution in [1.82, 2.24) is 20.4 Å². The molecule has 1 aliphatic rings. The quantitative estimate of drug-likeness (QED) is 0.521. The number of amides is 1. The van der Waals surface area contributed by atoms with Crippen molar-refractivity contribution in [2.45, 2.75) is 19.6 Å². The number of aliphatic imine (C=N–C) groups is 1. The fourth-order valence-electron chi connectivity index (χ4n) is 2.89. The molecule has 162 valence electrons. The first-order valence-corrected chi connectivity index (χ1v) is 9.48. The SMILES string of the molecule is CN=C(NCCN1CCN(C(C)=O)CC1)NCc1ccc(OCC(F)(F)F)cc1. The van der Waals surface area contributed by atoms with Gasteiger partial charge in [0.2, 0.25) is 5.91 Å². The van der Waals surface area contributed by atoms with Crippen molar-refractivity contribution in [2.24, 2.45) is 4.99 Å². The van der Waals surface area contributed by atoms with Crippen molar-refractivity contribution in [3.63, 3.8) is 0 Å². The van der Waals surface area contributed by atoms with Crippen LogP contribution in [-0.4, -0.2) is 80.8 Å². The van der Waals surface area contributed by atoms with E-state index in [0.717, 1.165) is 38.3 Å². The molecule has 2 rings (SSSR count). The van der Waals surface area contributed by atoms with Gasteiger partial charge in [-0.1, -0.05) is 12.1 Å². The fraction of sp³-hybridized carbons (Fsp3) is 0.579. The minimum absolute atomic E-state index is 0.118. The molecule has 1 aliphatic heterocycles. The summed E-state index contributed by atoms with van der Waals surface area (Å²) in [6.07, 6.45) is -4.35. The highest BCUT2D eigenvalue weighted by molar-refractivity contribution is 5.79. The van der Waals surface area contributed by atoms with E-state index in [1.807, 2.05) is 4.90 Å². The van der Waals surface area contributed by atoms with Gasteiger partial charge in [0, 0.05) is 59.8 Å². The van der Waals surface area contributed by atoms with Gasteiger partial charge in [-0.25, -0.2) is 0 Å². The number of ether oxygens (including phenoxy) is 1. The van der Waals surface area contributed by atoms with E-state index in [2.05, 4.69) is 20.5 Å². The molecule has 29 heavy (non-hydrogen) atoms. The minimum atomic E-state index is -4.35. The molecule has 1 fully saturated rings. The van der Waals surface area contributed by atoms with Gasteiger partial charge in [-0.3, -0.25) is 14.7 Å². The zero-order chi connectivity index (χ0) is 21.3. The Labute approximate surface area is 168 Å². The van der Waals surface area contributed by atoms with Crippen molar-refractivity contribution in [3.05, 3.63) is 29.8 Å². The van der Waals surface area contributed by atoms with Gasteiger partial charge in [0.1, 0.15) is 5.75 Å². The Kier molecular flexibility index (Phi) is 8.56. The molecule has 10 heteroatoms. The highest BCUT2D eigenvalue weighted by Gasteiger charge is 2.28. The van der Waals surface area contributed by atoms with Crippen LogP contribution in [0.25, 0.3) is 0 Å². The van der Waals surface area contributed by atoms with Gasteiger partial charge < -0.3 is 20.3 Å². The number of hydrogen-bond acceptors (Lipinski definition) is 4. The number of hydrogen-bond donors (Lipinski definition) is 2. The van der Waals surface area contributed by atoms with E-state index < -0.39 is 12.8 Å². The van der Waals surface area contributed by atoms with E-state index in [4.69, 9.17) is 4.74 Å². The Morgan fingerprint density at radius 2 is 1.79 bits per heavy atom. The Bertz CT molecular complexity index is 671. The number of halogens is 3. The number of nitrogens with zero attached hydrogens (tertiary/aromatic N) is 3. The average molecular weight is 415 g/mol. The normalized spacial score (nSPS) is 15.9. The maximum Gasteiger partial charge on any atom is 0.422 e. The average Bonchev–Trinajstić information content (AvgIpc) is 2.69. The lowest BCUT2D eigenvalue weighted by Crippen LogP contribution is -2.50. The number of guanidine groups is 1. The molecular formula is C19H28F3N5O2. The van der Waals surface area contributed by atoms with Crippen molar-refractivity contribution >= 4 is 11.9 Å². The third-order valence-corrected chi connectivity index (χ3v) is 4.55. The van der Waals surface area contributed by atoms with Crippen LogP contribution < -0.4 is 15.4 Å². The third kappa shape index (κ3) is 8.59. The van der Waals surface area contributed by atoms with Gasteiger partial charge in [0.05, 0.1) is 0 Å². The second-order valence-corrected chi connectivity index (χ2v) is 6.75. The topological polar surface area (TPSA) is 69.2 Å². The lowest BCUT2D eigenvalue weighted by Gasteiger charge is -2.34. The standard InChI is InChI=1S/C19H28F3N5O2/c1-15(28)27-11-9-26(10-12-27)8-7-24-18(23-2)25-13-16-3-5-17(6-4-16)29-14-19(20,21)22/h3-6H,7-14H2,1-2H3,(H2,23,24,25). The maximum atomic E-state index is 12.2.